The lowest BCUT2D eigenvalue weighted by Crippen LogP contribution is -2.19. The molecule has 1 heterocycles. The number of rotatable bonds is 11. The summed E-state index contributed by atoms with van der Waals surface area (Å²) in [7, 11) is 0. The summed E-state index contributed by atoms with van der Waals surface area (Å²) in [5.74, 6) is -0.358. The lowest BCUT2D eigenvalue weighted by molar-refractivity contribution is -0.137. The fourth-order valence-corrected chi connectivity index (χ4v) is 4.24. The molecule has 0 aromatic carbocycles. The van der Waals surface area contributed by atoms with E-state index in [2.05, 4.69) is 6.92 Å². The summed E-state index contributed by atoms with van der Waals surface area (Å²) in [6.07, 6.45) is 11.7. The molecule has 1 saturated heterocycles. The number of ether oxygens (including phenoxy) is 1. The van der Waals surface area contributed by atoms with Gasteiger partial charge in [-0.15, -0.1) is 0 Å². The third kappa shape index (κ3) is 6.39. The summed E-state index contributed by atoms with van der Waals surface area (Å²) in [5, 5.41) is 29.0. The van der Waals surface area contributed by atoms with E-state index in [1.165, 1.54) is 0 Å². The molecule has 0 spiro atoms. The van der Waals surface area contributed by atoms with E-state index in [-0.39, 0.29) is 30.7 Å². The zero-order valence-corrected chi connectivity index (χ0v) is 15.3. The van der Waals surface area contributed by atoms with Gasteiger partial charge in [0.05, 0.1) is 24.4 Å². The van der Waals surface area contributed by atoms with Gasteiger partial charge in [0.1, 0.15) is 0 Å². The van der Waals surface area contributed by atoms with Crippen LogP contribution < -0.4 is 0 Å². The maximum atomic E-state index is 10.6. The number of aliphatic hydroxyl groups excluding tert-OH is 2. The van der Waals surface area contributed by atoms with Gasteiger partial charge in [-0.2, -0.15) is 0 Å². The third-order valence-electron chi connectivity index (χ3n) is 5.62. The van der Waals surface area contributed by atoms with Crippen LogP contribution in [0.4, 0.5) is 0 Å². The van der Waals surface area contributed by atoms with E-state index in [4.69, 9.17) is 9.84 Å². The molecule has 5 heteroatoms. The second-order valence-electron chi connectivity index (χ2n) is 7.66. The van der Waals surface area contributed by atoms with Gasteiger partial charge in [-0.3, -0.25) is 4.79 Å². The van der Waals surface area contributed by atoms with Crippen LogP contribution in [0.3, 0.4) is 0 Å². The number of unbranched alkanes of at least 4 members (excludes halogenated alkanes) is 3. The van der Waals surface area contributed by atoms with Gasteiger partial charge < -0.3 is 20.1 Å². The Bertz CT molecular complexity index is 436. The van der Waals surface area contributed by atoms with Crippen LogP contribution in [0, 0.1) is 11.8 Å². The van der Waals surface area contributed by atoms with Gasteiger partial charge >= 0.3 is 5.97 Å². The van der Waals surface area contributed by atoms with Crippen LogP contribution in [0.15, 0.2) is 12.2 Å². The fraction of sp³-hybridized carbons (Fsp3) is 0.850. The first-order valence-corrected chi connectivity index (χ1v) is 9.93. The number of hydrogen-bond donors (Lipinski definition) is 3. The van der Waals surface area contributed by atoms with Crippen LogP contribution >= 0.6 is 0 Å². The summed E-state index contributed by atoms with van der Waals surface area (Å²) in [4.78, 5) is 10.6. The van der Waals surface area contributed by atoms with Gasteiger partial charge in [0.25, 0.3) is 0 Å². The molecule has 3 N–H and O–H groups in total. The molecule has 144 valence electrons. The Morgan fingerprint density at radius 3 is 2.76 bits per heavy atom. The van der Waals surface area contributed by atoms with Gasteiger partial charge in [0.2, 0.25) is 0 Å². The number of carboxylic acid groups (broad SMARTS) is 1. The monoisotopic (exact) mass is 354 g/mol. The number of aliphatic carboxylic acids is 1. The molecule has 2 rings (SSSR count). The maximum absolute atomic E-state index is 10.6. The Hall–Kier alpha value is -0.910. The standard InChI is InChI=1S/C20H34O5/c1-2-3-4-7-14(21)10-11-16-17-12-15(8-5-6-9-20(23)24)25-19(17)13-18(16)22/h10-11,14-19,21-22H,2-9,12-13H2,1H3,(H,23,24)/b11-10+/t14-,15-,16+,17?,18+,19+/m0/s1. The van der Waals surface area contributed by atoms with E-state index in [9.17, 15) is 15.0 Å². The van der Waals surface area contributed by atoms with Crippen molar-refractivity contribution < 1.29 is 24.9 Å². The van der Waals surface area contributed by atoms with Gasteiger partial charge in [0.15, 0.2) is 0 Å². The summed E-state index contributed by atoms with van der Waals surface area (Å²) in [6.45, 7) is 2.15. The number of hydrogen-bond acceptors (Lipinski definition) is 4. The summed E-state index contributed by atoms with van der Waals surface area (Å²) >= 11 is 0. The zero-order chi connectivity index (χ0) is 18.2. The van der Waals surface area contributed by atoms with E-state index < -0.39 is 12.1 Å². The average Bonchev–Trinajstić information content (AvgIpc) is 3.06. The highest BCUT2D eigenvalue weighted by Crippen LogP contribution is 2.45. The number of carbonyl (C=O) groups is 1. The van der Waals surface area contributed by atoms with Crippen LogP contribution in [0.5, 0.6) is 0 Å². The molecule has 1 aliphatic heterocycles. The SMILES string of the molecule is CCCCC[C@H](O)/C=C/[C@@H]1C2C[C@H](CCCCC(=O)O)O[C@@H]2C[C@H]1O. The maximum Gasteiger partial charge on any atom is 0.303 e. The highest BCUT2D eigenvalue weighted by atomic mass is 16.5. The lowest BCUT2D eigenvalue weighted by Gasteiger charge is -2.18. The molecule has 6 atom stereocenters. The molecule has 2 aliphatic rings. The van der Waals surface area contributed by atoms with Crippen molar-refractivity contribution in [2.75, 3.05) is 0 Å². The van der Waals surface area contributed by atoms with Crippen molar-refractivity contribution in [1.82, 2.24) is 0 Å². The predicted molar refractivity (Wildman–Crippen MR) is 96.3 cm³/mol. The molecule has 5 nitrogen and oxygen atoms in total. The minimum absolute atomic E-state index is 0.0647. The molecule has 0 bridgehead atoms. The van der Waals surface area contributed by atoms with Crippen LogP contribution in [0.25, 0.3) is 0 Å². The molecule has 0 aromatic heterocycles. The minimum Gasteiger partial charge on any atom is -0.481 e. The molecule has 0 amide bonds. The fourth-order valence-electron chi connectivity index (χ4n) is 4.24. The highest BCUT2D eigenvalue weighted by molar-refractivity contribution is 5.66. The molecule has 1 saturated carbocycles. The molecule has 1 unspecified atom stereocenters. The Morgan fingerprint density at radius 1 is 1.24 bits per heavy atom. The summed E-state index contributed by atoms with van der Waals surface area (Å²) < 4.78 is 6.08. The van der Waals surface area contributed by atoms with E-state index in [1.807, 2.05) is 12.2 Å². The Kier molecular flexibility index (Phi) is 8.40. The van der Waals surface area contributed by atoms with Crippen molar-refractivity contribution >= 4 is 5.97 Å². The number of aliphatic hydroxyl groups is 2. The summed E-state index contributed by atoms with van der Waals surface area (Å²) in [5.41, 5.74) is 0. The van der Waals surface area contributed by atoms with Crippen LogP contribution in [0.1, 0.15) is 71.1 Å². The Balaban J connectivity index is 1.76. The van der Waals surface area contributed by atoms with Gasteiger partial charge in [-0.05, 0) is 31.6 Å². The van der Waals surface area contributed by atoms with Crippen molar-refractivity contribution in [2.24, 2.45) is 11.8 Å². The van der Waals surface area contributed by atoms with E-state index in [1.54, 1.807) is 0 Å². The van der Waals surface area contributed by atoms with E-state index in [0.29, 0.717) is 18.8 Å². The van der Waals surface area contributed by atoms with Crippen LogP contribution in [0.2, 0.25) is 0 Å². The Morgan fingerprint density at radius 2 is 2.04 bits per heavy atom. The second-order valence-corrected chi connectivity index (χ2v) is 7.66. The summed E-state index contributed by atoms with van der Waals surface area (Å²) in [6, 6.07) is 0. The second kappa shape index (κ2) is 10.3. The average molecular weight is 354 g/mol. The predicted octanol–water partition coefficient (Wildman–Crippen LogP) is 3.28. The molecular weight excluding hydrogens is 320 g/mol. The van der Waals surface area contributed by atoms with E-state index >= 15 is 0 Å². The highest BCUT2D eigenvalue weighted by Gasteiger charge is 2.47. The first kappa shape index (κ1) is 20.4. The lowest BCUT2D eigenvalue weighted by atomic mass is 9.89. The first-order chi connectivity index (χ1) is 12.0. The normalized spacial score (nSPS) is 33.0. The van der Waals surface area contributed by atoms with Crippen molar-refractivity contribution in [3.8, 4) is 0 Å². The van der Waals surface area contributed by atoms with E-state index in [0.717, 1.165) is 44.9 Å². The molecule has 0 radical (unpaired) electrons. The zero-order valence-electron chi connectivity index (χ0n) is 15.3. The number of carboxylic acids is 1. The number of fused-ring (bicyclic) bond motifs is 1. The van der Waals surface area contributed by atoms with Gasteiger partial charge in [-0.1, -0.05) is 44.8 Å². The molecule has 1 aliphatic carbocycles. The van der Waals surface area contributed by atoms with Crippen molar-refractivity contribution in [3.05, 3.63) is 12.2 Å². The Labute approximate surface area is 151 Å². The molecule has 25 heavy (non-hydrogen) atoms. The van der Waals surface area contributed by atoms with Crippen molar-refractivity contribution in [2.45, 2.75) is 95.5 Å². The molecule has 2 fully saturated rings. The van der Waals surface area contributed by atoms with Gasteiger partial charge in [0, 0.05) is 18.8 Å². The minimum atomic E-state index is -0.741. The molecular formula is C20H34O5. The van der Waals surface area contributed by atoms with Crippen LogP contribution in [-0.4, -0.2) is 45.7 Å². The van der Waals surface area contributed by atoms with Crippen molar-refractivity contribution in [3.63, 3.8) is 0 Å². The first-order valence-electron chi connectivity index (χ1n) is 9.93. The van der Waals surface area contributed by atoms with Crippen LogP contribution in [-0.2, 0) is 9.53 Å². The third-order valence-corrected chi connectivity index (χ3v) is 5.62. The largest absolute Gasteiger partial charge is 0.481 e. The van der Waals surface area contributed by atoms with Crippen molar-refractivity contribution in [1.29, 1.82) is 0 Å². The topological polar surface area (TPSA) is 87.0 Å². The molecule has 0 aromatic rings. The van der Waals surface area contributed by atoms with Gasteiger partial charge in [-0.25, -0.2) is 0 Å². The quantitative estimate of drug-likeness (QED) is 0.391. The smallest absolute Gasteiger partial charge is 0.303 e.